The predicted molar refractivity (Wildman–Crippen MR) is 73.6 cm³/mol. The predicted octanol–water partition coefficient (Wildman–Crippen LogP) is 4.85. The van der Waals surface area contributed by atoms with Crippen molar-refractivity contribution in [3.8, 4) is 0 Å². The van der Waals surface area contributed by atoms with Crippen LogP contribution in [-0.2, 0) is 6.42 Å². The number of hydrogen-bond donors (Lipinski definition) is 0. The minimum Gasteiger partial charge on any atom is -0.289 e. The molecule has 0 spiro atoms. The molecule has 0 aliphatic rings. The van der Waals surface area contributed by atoms with E-state index >= 15 is 0 Å². The molecule has 0 bridgehead atoms. The van der Waals surface area contributed by atoms with Gasteiger partial charge in [-0.2, -0.15) is 0 Å². The SMILES string of the molecule is CCc1cc(C(=O)c2cccc(Cl)c2)c(Cl)s1. The fraction of sp³-hybridized carbons (Fsp3) is 0.154. The Labute approximate surface area is 114 Å². The number of carbonyl (C=O) groups is 1. The molecule has 17 heavy (non-hydrogen) atoms. The third-order valence-electron chi connectivity index (χ3n) is 2.42. The fourth-order valence-corrected chi connectivity index (χ4v) is 2.97. The van der Waals surface area contributed by atoms with Crippen molar-refractivity contribution in [3.05, 3.63) is 55.7 Å². The fourth-order valence-electron chi connectivity index (χ4n) is 1.53. The van der Waals surface area contributed by atoms with Gasteiger partial charge in [-0.15, -0.1) is 11.3 Å². The van der Waals surface area contributed by atoms with Crippen molar-refractivity contribution in [2.24, 2.45) is 0 Å². The Balaban J connectivity index is 2.40. The summed E-state index contributed by atoms with van der Waals surface area (Å²) in [4.78, 5) is 13.3. The summed E-state index contributed by atoms with van der Waals surface area (Å²) in [5.41, 5.74) is 1.13. The molecule has 0 N–H and O–H groups in total. The molecule has 0 aliphatic carbocycles. The van der Waals surface area contributed by atoms with Gasteiger partial charge in [-0.25, -0.2) is 0 Å². The number of benzene rings is 1. The van der Waals surface area contributed by atoms with E-state index in [9.17, 15) is 4.79 Å². The first-order valence-electron chi connectivity index (χ1n) is 5.20. The number of thiophene rings is 1. The molecule has 0 saturated heterocycles. The van der Waals surface area contributed by atoms with Crippen LogP contribution in [0.5, 0.6) is 0 Å². The molecule has 0 saturated carbocycles. The van der Waals surface area contributed by atoms with Gasteiger partial charge in [0, 0.05) is 15.5 Å². The lowest BCUT2D eigenvalue weighted by Crippen LogP contribution is -1.99. The summed E-state index contributed by atoms with van der Waals surface area (Å²) in [5, 5.41) is 0.554. The lowest BCUT2D eigenvalue weighted by atomic mass is 10.1. The molecule has 0 aliphatic heterocycles. The zero-order valence-electron chi connectivity index (χ0n) is 9.17. The molecule has 88 valence electrons. The minimum atomic E-state index is -0.0755. The number of hydrogen-bond acceptors (Lipinski definition) is 2. The Hall–Kier alpha value is -0.830. The van der Waals surface area contributed by atoms with Crippen molar-refractivity contribution in [1.82, 2.24) is 0 Å². The van der Waals surface area contributed by atoms with E-state index in [1.807, 2.05) is 13.0 Å². The highest BCUT2D eigenvalue weighted by Crippen LogP contribution is 2.30. The average molecular weight is 285 g/mol. The van der Waals surface area contributed by atoms with Crippen LogP contribution in [0.2, 0.25) is 9.36 Å². The Morgan fingerprint density at radius 3 is 2.65 bits per heavy atom. The van der Waals surface area contributed by atoms with Crippen LogP contribution in [0, 0.1) is 0 Å². The molecule has 2 aromatic rings. The number of halogens is 2. The molecule has 0 fully saturated rings. The summed E-state index contributed by atoms with van der Waals surface area (Å²) in [6.45, 7) is 2.04. The lowest BCUT2D eigenvalue weighted by molar-refractivity contribution is 0.103. The van der Waals surface area contributed by atoms with Gasteiger partial charge < -0.3 is 0 Å². The highest BCUT2D eigenvalue weighted by atomic mass is 35.5. The molecular formula is C13H10Cl2OS. The maximum absolute atomic E-state index is 12.2. The van der Waals surface area contributed by atoms with Gasteiger partial charge in [0.2, 0.25) is 0 Å². The van der Waals surface area contributed by atoms with Gasteiger partial charge >= 0.3 is 0 Å². The first-order valence-corrected chi connectivity index (χ1v) is 6.77. The average Bonchev–Trinajstić information content (AvgIpc) is 2.69. The van der Waals surface area contributed by atoms with E-state index in [1.165, 1.54) is 11.3 Å². The maximum Gasteiger partial charge on any atom is 0.195 e. The van der Waals surface area contributed by atoms with Crippen LogP contribution in [0.25, 0.3) is 0 Å². The number of aryl methyl sites for hydroxylation is 1. The molecule has 0 unspecified atom stereocenters. The molecule has 1 nitrogen and oxygen atoms in total. The summed E-state index contributed by atoms with van der Waals surface area (Å²) in [7, 11) is 0. The molecule has 1 aromatic heterocycles. The van der Waals surface area contributed by atoms with Crippen LogP contribution in [0.1, 0.15) is 27.7 Å². The van der Waals surface area contributed by atoms with Crippen molar-refractivity contribution in [2.45, 2.75) is 13.3 Å². The zero-order chi connectivity index (χ0) is 12.4. The van der Waals surface area contributed by atoms with Crippen molar-refractivity contribution in [2.75, 3.05) is 0 Å². The molecular weight excluding hydrogens is 275 g/mol. The highest BCUT2D eigenvalue weighted by molar-refractivity contribution is 7.16. The summed E-state index contributed by atoms with van der Waals surface area (Å²) in [5.74, 6) is -0.0755. The smallest absolute Gasteiger partial charge is 0.195 e. The quantitative estimate of drug-likeness (QED) is 0.737. The van der Waals surface area contributed by atoms with E-state index in [-0.39, 0.29) is 5.78 Å². The Kier molecular flexibility index (Phi) is 3.87. The van der Waals surface area contributed by atoms with Crippen molar-refractivity contribution < 1.29 is 4.79 Å². The normalized spacial score (nSPS) is 10.5. The van der Waals surface area contributed by atoms with E-state index in [0.29, 0.717) is 20.5 Å². The molecule has 0 amide bonds. The van der Waals surface area contributed by atoms with Gasteiger partial charge in [0.1, 0.15) is 4.34 Å². The van der Waals surface area contributed by atoms with Crippen LogP contribution in [0.4, 0.5) is 0 Å². The summed E-state index contributed by atoms with van der Waals surface area (Å²) >= 11 is 13.4. The molecule has 1 heterocycles. The second kappa shape index (κ2) is 5.21. The summed E-state index contributed by atoms with van der Waals surface area (Å²) in [6, 6.07) is 8.76. The molecule has 0 atom stereocenters. The third-order valence-corrected chi connectivity index (χ3v) is 4.16. The lowest BCUT2D eigenvalue weighted by Gasteiger charge is -1.99. The first-order chi connectivity index (χ1) is 8.11. The number of ketones is 1. The van der Waals surface area contributed by atoms with Crippen LogP contribution < -0.4 is 0 Å². The molecule has 4 heteroatoms. The Morgan fingerprint density at radius 2 is 2.06 bits per heavy atom. The van der Waals surface area contributed by atoms with E-state index in [0.717, 1.165) is 11.3 Å². The standard InChI is InChI=1S/C13H10Cl2OS/c1-2-10-7-11(13(15)17-10)12(16)8-4-3-5-9(14)6-8/h3-7H,2H2,1H3. The van der Waals surface area contributed by atoms with Gasteiger partial charge in [0.05, 0.1) is 5.56 Å². The van der Waals surface area contributed by atoms with E-state index in [1.54, 1.807) is 24.3 Å². The van der Waals surface area contributed by atoms with Gasteiger partial charge in [-0.1, -0.05) is 42.3 Å². The van der Waals surface area contributed by atoms with Crippen molar-refractivity contribution in [1.29, 1.82) is 0 Å². The summed E-state index contributed by atoms with van der Waals surface area (Å²) < 4.78 is 0.548. The maximum atomic E-state index is 12.2. The first kappa shape index (κ1) is 12.6. The minimum absolute atomic E-state index is 0.0755. The van der Waals surface area contributed by atoms with E-state index in [4.69, 9.17) is 23.2 Å². The van der Waals surface area contributed by atoms with Gasteiger partial charge in [-0.3, -0.25) is 4.79 Å². The van der Waals surface area contributed by atoms with Crippen LogP contribution in [0.15, 0.2) is 30.3 Å². The molecule has 1 aromatic carbocycles. The van der Waals surface area contributed by atoms with Gasteiger partial charge in [0.25, 0.3) is 0 Å². The molecule has 0 radical (unpaired) electrons. The van der Waals surface area contributed by atoms with Crippen LogP contribution >= 0.6 is 34.5 Å². The van der Waals surface area contributed by atoms with Crippen molar-refractivity contribution >= 4 is 40.3 Å². The Morgan fingerprint density at radius 1 is 1.29 bits per heavy atom. The largest absolute Gasteiger partial charge is 0.289 e. The highest BCUT2D eigenvalue weighted by Gasteiger charge is 2.16. The van der Waals surface area contributed by atoms with Crippen LogP contribution in [-0.4, -0.2) is 5.78 Å². The third kappa shape index (κ3) is 2.71. The Bertz CT molecular complexity index is 560. The topological polar surface area (TPSA) is 17.1 Å². The number of rotatable bonds is 3. The second-order valence-electron chi connectivity index (χ2n) is 3.59. The molecule has 2 rings (SSSR count). The number of carbonyl (C=O) groups excluding carboxylic acids is 1. The van der Waals surface area contributed by atoms with E-state index < -0.39 is 0 Å². The monoisotopic (exact) mass is 284 g/mol. The van der Waals surface area contributed by atoms with Gasteiger partial charge in [-0.05, 0) is 24.6 Å². The van der Waals surface area contributed by atoms with Gasteiger partial charge in [0.15, 0.2) is 5.78 Å². The second-order valence-corrected chi connectivity index (χ2v) is 5.77. The zero-order valence-corrected chi connectivity index (χ0v) is 11.5. The van der Waals surface area contributed by atoms with Crippen LogP contribution in [0.3, 0.4) is 0 Å². The summed E-state index contributed by atoms with van der Waals surface area (Å²) in [6.07, 6.45) is 0.882. The van der Waals surface area contributed by atoms with Crippen molar-refractivity contribution in [3.63, 3.8) is 0 Å². The van der Waals surface area contributed by atoms with E-state index in [2.05, 4.69) is 0 Å².